The Morgan fingerprint density at radius 1 is 1.08 bits per heavy atom. The molecule has 0 aliphatic carbocycles. The molecule has 0 amide bonds. The number of halogens is 2. The van der Waals surface area contributed by atoms with Crippen LogP contribution in [0.4, 0.5) is 0 Å². The van der Waals surface area contributed by atoms with Crippen LogP contribution in [0.3, 0.4) is 0 Å². The summed E-state index contributed by atoms with van der Waals surface area (Å²) in [6.07, 6.45) is 0. The van der Waals surface area contributed by atoms with Gasteiger partial charge in [-0.25, -0.2) is 4.68 Å². The van der Waals surface area contributed by atoms with Crippen LogP contribution in [0, 0.1) is 0 Å². The first kappa shape index (κ1) is 8.60. The van der Waals surface area contributed by atoms with E-state index in [1.807, 2.05) is 30.3 Å². The number of aromatic nitrogens is 2. The van der Waals surface area contributed by atoms with E-state index >= 15 is 0 Å². The van der Waals surface area contributed by atoms with E-state index < -0.39 is 0 Å². The Morgan fingerprint density at radius 3 is 2.31 bits per heavy atom. The van der Waals surface area contributed by atoms with Gasteiger partial charge in [0, 0.05) is 6.07 Å². The summed E-state index contributed by atoms with van der Waals surface area (Å²) >= 11 is 11.6. The van der Waals surface area contributed by atoms with Gasteiger partial charge in [0.1, 0.15) is 5.15 Å². The monoisotopic (exact) mass is 212 g/mol. The summed E-state index contributed by atoms with van der Waals surface area (Å²) in [5.41, 5.74) is 0.902. The quantitative estimate of drug-likeness (QED) is 0.711. The first-order valence-corrected chi connectivity index (χ1v) is 4.49. The molecule has 2 aromatic rings. The minimum absolute atomic E-state index is 0.397. The van der Waals surface area contributed by atoms with E-state index in [1.54, 1.807) is 10.7 Å². The molecule has 0 radical (unpaired) electrons. The lowest BCUT2D eigenvalue weighted by Gasteiger charge is -2.00. The van der Waals surface area contributed by atoms with Gasteiger partial charge in [0.25, 0.3) is 0 Å². The average molecular weight is 213 g/mol. The fourth-order valence-corrected chi connectivity index (χ4v) is 1.56. The zero-order valence-electron chi connectivity index (χ0n) is 6.61. The summed E-state index contributed by atoms with van der Waals surface area (Å²) in [5.74, 6) is 0. The number of hydrogen-bond acceptors (Lipinski definition) is 1. The smallest absolute Gasteiger partial charge is 0.153 e. The van der Waals surface area contributed by atoms with Crippen LogP contribution >= 0.6 is 23.2 Å². The molecule has 0 bridgehead atoms. The number of hydrogen-bond donors (Lipinski definition) is 0. The Labute approximate surface area is 85.7 Å². The van der Waals surface area contributed by atoms with Crippen molar-refractivity contribution in [2.24, 2.45) is 0 Å². The molecular formula is C9H6Cl2N2. The number of benzene rings is 1. The van der Waals surface area contributed by atoms with Crippen molar-refractivity contribution in [3.05, 3.63) is 46.7 Å². The zero-order valence-corrected chi connectivity index (χ0v) is 8.13. The van der Waals surface area contributed by atoms with Crippen LogP contribution in [0.5, 0.6) is 0 Å². The van der Waals surface area contributed by atoms with Crippen LogP contribution in [-0.2, 0) is 0 Å². The van der Waals surface area contributed by atoms with E-state index in [1.165, 1.54) is 0 Å². The maximum Gasteiger partial charge on any atom is 0.153 e. The number of para-hydroxylation sites is 1. The van der Waals surface area contributed by atoms with E-state index in [9.17, 15) is 0 Å². The molecule has 0 aliphatic rings. The molecule has 66 valence electrons. The molecule has 1 aromatic carbocycles. The predicted molar refractivity (Wildman–Crippen MR) is 53.6 cm³/mol. The van der Waals surface area contributed by atoms with Crippen molar-refractivity contribution in [2.75, 3.05) is 0 Å². The highest BCUT2D eigenvalue weighted by Gasteiger charge is 2.04. The molecule has 0 unspecified atom stereocenters. The Morgan fingerprint density at radius 2 is 1.77 bits per heavy atom. The maximum absolute atomic E-state index is 5.90. The van der Waals surface area contributed by atoms with Crippen molar-refractivity contribution in [1.82, 2.24) is 9.78 Å². The van der Waals surface area contributed by atoms with Crippen molar-refractivity contribution in [1.29, 1.82) is 0 Å². The van der Waals surface area contributed by atoms with Crippen LogP contribution < -0.4 is 0 Å². The van der Waals surface area contributed by atoms with Gasteiger partial charge in [0.05, 0.1) is 5.69 Å². The Hall–Kier alpha value is -0.990. The van der Waals surface area contributed by atoms with Crippen LogP contribution in [0.25, 0.3) is 5.69 Å². The molecule has 0 saturated heterocycles. The molecular weight excluding hydrogens is 207 g/mol. The highest BCUT2D eigenvalue weighted by Crippen LogP contribution is 2.19. The van der Waals surface area contributed by atoms with Crippen molar-refractivity contribution in [3.8, 4) is 5.69 Å². The van der Waals surface area contributed by atoms with E-state index in [4.69, 9.17) is 23.2 Å². The molecule has 0 N–H and O–H groups in total. The molecule has 0 fully saturated rings. The maximum atomic E-state index is 5.90. The second kappa shape index (κ2) is 3.40. The minimum atomic E-state index is 0.397. The number of rotatable bonds is 1. The Balaban J connectivity index is 2.53. The van der Waals surface area contributed by atoms with Crippen molar-refractivity contribution in [2.45, 2.75) is 0 Å². The fraction of sp³-hybridized carbons (Fsp3) is 0. The average Bonchev–Trinajstić information content (AvgIpc) is 2.47. The Bertz CT molecular complexity index is 409. The van der Waals surface area contributed by atoms with Gasteiger partial charge < -0.3 is 0 Å². The molecule has 2 nitrogen and oxygen atoms in total. The fourth-order valence-electron chi connectivity index (χ4n) is 1.08. The third-order valence-corrected chi connectivity index (χ3v) is 2.09. The van der Waals surface area contributed by atoms with Gasteiger partial charge in [-0.2, -0.15) is 5.10 Å². The number of nitrogens with zero attached hydrogens (tertiary/aromatic N) is 2. The molecule has 0 saturated carbocycles. The molecule has 0 spiro atoms. The summed E-state index contributed by atoms with van der Waals surface area (Å²) < 4.78 is 1.59. The standard InChI is InChI=1S/C9H6Cl2N2/c10-8-6-9(11)13(12-8)7-4-2-1-3-5-7/h1-6H. The van der Waals surface area contributed by atoms with Crippen LogP contribution in [0.2, 0.25) is 10.3 Å². The lowest BCUT2D eigenvalue weighted by Crippen LogP contribution is -1.94. The third-order valence-electron chi connectivity index (χ3n) is 1.64. The van der Waals surface area contributed by atoms with Crippen LogP contribution in [0.15, 0.2) is 36.4 Å². The minimum Gasteiger partial charge on any atom is -0.221 e. The van der Waals surface area contributed by atoms with Gasteiger partial charge in [-0.15, -0.1) is 0 Å². The van der Waals surface area contributed by atoms with E-state index in [0.717, 1.165) is 5.69 Å². The van der Waals surface area contributed by atoms with Crippen molar-refractivity contribution in [3.63, 3.8) is 0 Å². The molecule has 4 heteroatoms. The van der Waals surface area contributed by atoms with Crippen molar-refractivity contribution < 1.29 is 0 Å². The second-order valence-electron chi connectivity index (χ2n) is 2.54. The molecule has 2 rings (SSSR count). The third kappa shape index (κ3) is 1.69. The zero-order chi connectivity index (χ0) is 9.26. The molecule has 0 atom stereocenters. The van der Waals surface area contributed by atoms with Crippen LogP contribution in [-0.4, -0.2) is 9.78 Å². The lowest BCUT2D eigenvalue weighted by molar-refractivity contribution is 0.882. The van der Waals surface area contributed by atoms with Gasteiger partial charge in [-0.3, -0.25) is 0 Å². The summed E-state index contributed by atoms with van der Waals surface area (Å²) in [4.78, 5) is 0. The topological polar surface area (TPSA) is 17.8 Å². The van der Waals surface area contributed by atoms with Crippen LogP contribution in [0.1, 0.15) is 0 Å². The van der Waals surface area contributed by atoms with Gasteiger partial charge in [0.2, 0.25) is 0 Å². The van der Waals surface area contributed by atoms with E-state index in [2.05, 4.69) is 5.10 Å². The van der Waals surface area contributed by atoms with E-state index in [-0.39, 0.29) is 0 Å². The highest BCUT2D eigenvalue weighted by molar-refractivity contribution is 6.33. The first-order chi connectivity index (χ1) is 6.27. The van der Waals surface area contributed by atoms with Gasteiger partial charge in [-0.05, 0) is 12.1 Å². The summed E-state index contributed by atoms with van der Waals surface area (Å²) in [5, 5.41) is 4.94. The SMILES string of the molecule is Clc1cc(Cl)n(-c2ccccc2)n1. The van der Waals surface area contributed by atoms with Gasteiger partial charge in [-0.1, -0.05) is 41.4 Å². The van der Waals surface area contributed by atoms with Crippen molar-refractivity contribution >= 4 is 23.2 Å². The first-order valence-electron chi connectivity index (χ1n) is 3.74. The molecule has 1 heterocycles. The molecule has 0 aliphatic heterocycles. The molecule has 13 heavy (non-hydrogen) atoms. The Kier molecular flexibility index (Phi) is 2.25. The van der Waals surface area contributed by atoms with Gasteiger partial charge in [0.15, 0.2) is 5.15 Å². The molecule has 1 aromatic heterocycles. The predicted octanol–water partition coefficient (Wildman–Crippen LogP) is 3.18. The summed E-state index contributed by atoms with van der Waals surface area (Å²) in [6, 6.07) is 11.2. The summed E-state index contributed by atoms with van der Waals surface area (Å²) in [6.45, 7) is 0. The van der Waals surface area contributed by atoms with E-state index in [0.29, 0.717) is 10.3 Å². The van der Waals surface area contributed by atoms with Gasteiger partial charge >= 0.3 is 0 Å². The normalized spacial score (nSPS) is 10.3. The largest absolute Gasteiger partial charge is 0.221 e. The lowest BCUT2D eigenvalue weighted by atomic mass is 10.3. The second-order valence-corrected chi connectivity index (χ2v) is 3.31. The highest BCUT2D eigenvalue weighted by atomic mass is 35.5. The summed E-state index contributed by atoms with van der Waals surface area (Å²) in [7, 11) is 0.